The van der Waals surface area contributed by atoms with Gasteiger partial charge in [0, 0.05) is 18.4 Å². The van der Waals surface area contributed by atoms with E-state index >= 15 is 0 Å². The summed E-state index contributed by atoms with van der Waals surface area (Å²) in [6, 6.07) is 0. The average molecular weight is 171 g/mol. The maximum atomic E-state index is 10.2. The van der Waals surface area contributed by atoms with Crippen molar-refractivity contribution in [3.63, 3.8) is 0 Å². The normalized spacial score (nSPS) is 44.8. The molecule has 12 heavy (non-hydrogen) atoms. The molecule has 0 bridgehead atoms. The smallest absolute Gasteiger partial charge is 0.293 e. The van der Waals surface area contributed by atoms with Gasteiger partial charge >= 0.3 is 0 Å². The molecule has 1 spiro atoms. The van der Waals surface area contributed by atoms with Crippen LogP contribution >= 0.6 is 0 Å². The Labute approximate surface area is 70.9 Å². The highest BCUT2D eigenvalue weighted by Crippen LogP contribution is 2.61. The first-order valence-electron chi connectivity index (χ1n) is 4.22. The van der Waals surface area contributed by atoms with Crippen LogP contribution in [-0.2, 0) is 9.53 Å². The lowest BCUT2D eigenvalue weighted by Gasteiger charge is -2.17. The second kappa shape index (κ2) is 2.44. The molecule has 1 saturated carbocycles. The predicted octanol–water partition coefficient (Wildman–Crippen LogP) is -0.726. The van der Waals surface area contributed by atoms with Crippen LogP contribution in [-0.4, -0.2) is 36.9 Å². The Kier molecular flexibility index (Phi) is 1.63. The molecule has 1 heterocycles. The van der Waals surface area contributed by atoms with Crippen LogP contribution in [0, 0.1) is 5.41 Å². The lowest BCUT2D eigenvalue weighted by molar-refractivity contribution is -0.140. The van der Waals surface area contributed by atoms with Gasteiger partial charge in [-0.15, -0.1) is 0 Å². The van der Waals surface area contributed by atoms with E-state index in [0.29, 0.717) is 6.47 Å². The fraction of sp³-hybridized carbons (Fsp3) is 0.875. The number of nitrogens with one attached hydrogen (secondary N) is 1. The van der Waals surface area contributed by atoms with Gasteiger partial charge in [-0.3, -0.25) is 4.79 Å². The molecule has 0 amide bonds. The zero-order valence-corrected chi connectivity index (χ0v) is 6.88. The van der Waals surface area contributed by atoms with E-state index < -0.39 is 5.60 Å². The van der Waals surface area contributed by atoms with Crippen molar-refractivity contribution in [2.75, 3.05) is 19.7 Å². The standard InChI is InChI=1S/C8H13NO3/c10-5-8(12-6-11)3-7(8)1-2-9-4-7/h6,9-10H,1-5H2. The summed E-state index contributed by atoms with van der Waals surface area (Å²) in [5.41, 5.74) is -0.513. The van der Waals surface area contributed by atoms with Crippen molar-refractivity contribution in [3.05, 3.63) is 0 Å². The number of ether oxygens (including phenoxy) is 1. The highest BCUT2D eigenvalue weighted by molar-refractivity contribution is 5.41. The SMILES string of the molecule is O=COC1(CO)CC12CCNC2. The first kappa shape index (κ1) is 8.01. The van der Waals surface area contributed by atoms with Gasteiger partial charge in [-0.25, -0.2) is 0 Å². The minimum Gasteiger partial charge on any atom is -0.458 e. The predicted molar refractivity (Wildman–Crippen MR) is 41.5 cm³/mol. The minimum absolute atomic E-state index is 0.0443. The highest BCUT2D eigenvalue weighted by Gasteiger charge is 2.70. The molecule has 0 aromatic heterocycles. The molecule has 1 aliphatic heterocycles. The van der Waals surface area contributed by atoms with Gasteiger partial charge in [0.1, 0.15) is 5.60 Å². The summed E-state index contributed by atoms with van der Waals surface area (Å²) in [5, 5.41) is 12.3. The number of rotatable bonds is 3. The quantitative estimate of drug-likeness (QED) is 0.550. The molecule has 1 saturated heterocycles. The Hall–Kier alpha value is -0.610. The number of aliphatic hydroxyl groups excluding tert-OH is 1. The van der Waals surface area contributed by atoms with Crippen molar-refractivity contribution in [2.45, 2.75) is 18.4 Å². The molecule has 4 nitrogen and oxygen atoms in total. The van der Waals surface area contributed by atoms with Crippen molar-refractivity contribution < 1.29 is 14.6 Å². The van der Waals surface area contributed by atoms with Crippen molar-refractivity contribution in [3.8, 4) is 0 Å². The van der Waals surface area contributed by atoms with E-state index in [1.807, 2.05) is 0 Å². The third kappa shape index (κ3) is 0.820. The van der Waals surface area contributed by atoms with Crippen LogP contribution in [0.1, 0.15) is 12.8 Å². The number of carbonyl (C=O) groups excluding carboxylic acids is 1. The second-order valence-corrected chi connectivity index (χ2v) is 3.75. The van der Waals surface area contributed by atoms with Crippen LogP contribution in [0.3, 0.4) is 0 Å². The molecule has 2 unspecified atom stereocenters. The van der Waals surface area contributed by atoms with Gasteiger partial charge in [-0.05, 0) is 13.0 Å². The molecule has 2 rings (SSSR count). The summed E-state index contributed by atoms with van der Waals surface area (Å²) in [4.78, 5) is 10.2. The summed E-state index contributed by atoms with van der Waals surface area (Å²) < 4.78 is 4.96. The van der Waals surface area contributed by atoms with Crippen LogP contribution in [0.2, 0.25) is 0 Å². The summed E-state index contributed by atoms with van der Waals surface area (Å²) >= 11 is 0. The second-order valence-electron chi connectivity index (χ2n) is 3.75. The molecule has 1 aliphatic carbocycles. The van der Waals surface area contributed by atoms with E-state index in [4.69, 9.17) is 9.84 Å². The molecule has 0 aromatic carbocycles. The Bertz CT molecular complexity index is 200. The first-order valence-corrected chi connectivity index (χ1v) is 4.22. The van der Waals surface area contributed by atoms with Crippen LogP contribution in [0.5, 0.6) is 0 Å². The van der Waals surface area contributed by atoms with Gasteiger partial charge < -0.3 is 15.2 Å². The van der Waals surface area contributed by atoms with E-state index in [-0.39, 0.29) is 12.0 Å². The molecule has 2 atom stereocenters. The third-order valence-electron chi connectivity index (χ3n) is 3.24. The molecule has 2 N–H and O–H groups in total. The number of carbonyl (C=O) groups is 1. The van der Waals surface area contributed by atoms with Crippen molar-refractivity contribution in [1.82, 2.24) is 5.32 Å². The Morgan fingerprint density at radius 1 is 1.67 bits per heavy atom. The Morgan fingerprint density at radius 2 is 2.50 bits per heavy atom. The van der Waals surface area contributed by atoms with Crippen LogP contribution in [0.25, 0.3) is 0 Å². The van der Waals surface area contributed by atoms with Gasteiger partial charge in [-0.1, -0.05) is 0 Å². The summed E-state index contributed by atoms with van der Waals surface area (Å²) in [7, 11) is 0. The molecule has 2 aliphatic rings. The summed E-state index contributed by atoms with van der Waals surface area (Å²) in [5.74, 6) is 0. The largest absolute Gasteiger partial charge is 0.458 e. The Morgan fingerprint density at radius 3 is 3.00 bits per heavy atom. The fourth-order valence-corrected chi connectivity index (χ4v) is 2.31. The lowest BCUT2D eigenvalue weighted by atomic mass is 10.0. The average Bonchev–Trinajstić information content (AvgIpc) is 2.42. The molecule has 4 heteroatoms. The minimum atomic E-state index is -0.557. The van der Waals surface area contributed by atoms with Crippen molar-refractivity contribution >= 4 is 6.47 Å². The fourth-order valence-electron chi connectivity index (χ4n) is 2.31. The van der Waals surface area contributed by atoms with Crippen molar-refractivity contribution in [1.29, 1.82) is 0 Å². The maximum absolute atomic E-state index is 10.2. The summed E-state index contributed by atoms with van der Waals surface area (Å²) in [6.45, 7) is 2.22. The zero-order chi connectivity index (χ0) is 8.66. The number of hydrogen-bond donors (Lipinski definition) is 2. The van der Waals surface area contributed by atoms with Crippen LogP contribution in [0.15, 0.2) is 0 Å². The van der Waals surface area contributed by atoms with Crippen molar-refractivity contribution in [2.24, 2.45) is 5.41 Å². The number of aliphatic hydroxyl groups is 1. The molecular weight excluding hydrogens is 158 g/mol. The summed E-state index contributed by atoms with van der Waals surface area (Å²) in [6.07, 6.45) is 1.81. The third-order valence-corrected chi connectivity index (χ3v) is 3.24. The van der Waals surface area contributed by atoms with Crippen LogP contribution in [0.4, 0.5) is 0 Å². The molecule has 0 aromatic rings. The van der Waals surface area contributed by atoms with Gasteiger partial charge in [0.2, 0.25) is 0 Å². The Balaban J connectivity index is 2.08. The van der Waals surface area contributed by atoms with Gasteiger partial charge in [0.05, 0.1) is 6.61 Å². The monoisotopic (exact) mass is 171 g/mol. The van der Waals surface area contributed by atoms with E-state index in [1.165, 1.54) is 0 Å². The molecule has 0 radical (unpaired) electrons. The van der Waals surface area contributed by atoms with Gasteiger partial charge in [-0.2, -0.15) is 0 Å². The molecular formula is C8H13NO3. The molecule has 2 fully saturated rings. The topological polar surface area (TPSA) is 58.6 Å². The molecule has 68 valence electrons. The maximum Gasteiger partial charge on any atom is 0.293 e. The van der Waals surface area contributed by atoms with E-state index in [9.17, 15) is 4.79 Å². The number of hydrogen-bond acceptors (Lipinski definition) is 4. The zero-order valence-electron chi connectivity index (χ0n) is 6.88. The lowest BCUT2D eigenvalue weighted by Crippen LogP contribution is -2.29. The first-order chi connectivity index (χ1) is 5.79. The van der Waals surface area contributed by atoms with Gasteiger partial charge in [0.25, 0.3) is 6.47 Å². The van der Waals surface area contributed by atoms with Crippen LogP contribution < -0.4 is 5.32 Å². The van der Waals surface area contributed by atoms with E-state index in [2.05, 4.69) is 5.32 Å². The highest BCUT2D eigenvalue weighted by atomic mass is 16.6. The van der Waals surface area contributed by atoms with E-state index in [1.54, 1.807) is 0 Å². The van der Waals surface area contributed by atoms with E-state index in [0.717, 1.165) is 25.9 Å². The van der Waals surface area contributed by atoms with Gasteiger partial charge in [0.15, 0.2) is 0 Å².